The molecular weight excluding hydrogens is 416 g/mol. The van der Waals surface area contributed by atoms with Crippen LogP contribution >= 0.6 is 0 Å². The van der Waals surface area contributed by atoms with E-state index in [-0.39, 0.29) is 18.0 Å². The van der Waals surface area contributed by atoms with E-state index >= 15 is 0 Å². The highest BCUT2D eigenvalue weighted by molar-refractivity contribution is 5.73. The third kappa shape index (κ3) is 3.84. The summed E-state index contributed by atoms with van der Waals surface area (Å²) < 4.78 is 92.4. The molecular formula is C19H19F6N3O2. The molecule has 5 nitrogen and oxygen atoms in total. The summed E-state index contributed by atoms with van der Waals surface area (Å²) in [6, 6.07) is 2.93. The van der Waals surface area contributed by atoms with Crippen LogP contribution in [0.15, 0.2) is 27.6 Å². The predicted octanol–water partition coefficient (Wildman–Crippen LogP) is 4.68. The maximum atomic E-state index is 14.5. The Kier molecular flexibility index (Phi) is 5.28. The van der Waals surface area contributed by atoms with Crippen molar-refractivity contribution in [3.05, 3.63) is 52.5 Å². The van der Waals surface area contributed by atoms with Gasteiger partial charge in [0.05, 0.1) is 5.69 Å². The second-order valence-electron chi connectivity index (χ2n) is 7.38. The number of nitrogens with zero attached hydrogens (tertiary/aromatic N) is 2. The lowest BCUT2D eigenvalue weighted by molar-refractivity contribution is -0.154. The third-order valence-electron chi connectivity index (χ3n) is 5.03. The average Bonchev–Trinajstić information content (AvgIpc) is 3.03. The molecule has 0 amide bonds. The lowest BCUT2D eigenvalue weighted by atomic mass is 9.83. The van der Waals surface area contributed by atoms with Gasteiger partial charge in [0.25, 0.3) is 6.02 Å². The Morgan fingerprint density at radius 1 is 1.27 bits per heavy atom. The molecule has 0 bridgehead atoms. The molecule has 1 unspecified atom stereocenters. The molecule has 2 N–H and O–H groups in total. The van der Waals surface area contributed by atoms with E-state index in [9.17, 15) is 26.3 Å². The van der Waals surface area contributed by atoms with E-state index in [2.05, 4.69) is 14.7 Å². The summed E-state index contributed by atoms with van der Waals surface area (Å²) in [6.07, 6.45) is -4.76. The standard InChI is InChI=1S/C19H19F6N3O2/c1-9(14-15(19(23,24)25)30-10(2)27-14)6-11-4-5-13(20)12(7-11)17(3)18(21,22)8-29-16(26)28-17/h4-5,7,9H,6,8H2,1-3H3,(H2,26,28)/t9?,17-/m1/s1. The van der Waals surface area contributed by atoms with Crippen LogP contribution in [-0.4, -0.2) is 23.5 Å². The average molecular weight is 435 g/mol. The van der Waals surface area contributed by atoms with E-state index in [4.69, 9.17) is 10.2 Å². The summed E-state index contributed by atoms with van der Waals surface area (Å²) in [6.45, 7) is 2.72. The molecule has 1 aromatic carbocycles. The maximum Gasteiger partial charge on any atom is 0.451 e. The van der Waals surface area contributed by atoms with Crippen LogP contribution in [-0.2, 0) is 22.9 Å². The molecule has 11 heteroatoms. The Morgan fingerprint density at radius 2 is 1.93 bits per heavy atom. The van der Waals surface area contributed by atoms with Crippen LogP contribution in [0.5, 0.6) is 0 Å². The van der Waals surface area contributed by atoms with Crippen molar-refractivity contribution in [2.45, 2.75) is 50.7 Å². The number of halogens is 6. The van der Waals surface area contributed by atoms with Gasteiger partial charge in [-0.1, -0.05) is 19.1 Å². The van der Waals surface area contributed by atoms with Crippen molar-refractivity contribution in [2.24, 2.45) is 10.7 Å². The first kappa shape index (κ1) is 22.0. The normalized spacial score (nSPS) is 22.4. The zero-order valence-electron chi connectivity index (χ0n) is 16.3. The van der Waals surface area contributed by atoms with Gasteiger partial charge in [-0.2, -0.15) is 22.0 Å². The number of aryl methyl sites for hydroxylation is 1. The molecule has 0 radical (unpaired) electrons. The minimum atomic E-state index is -4.73. The van der Waals surface area contributed by atoms with E-state index in [1.807, 2.05) is 0 Å². The van der Waals surface area contributed by atoms with Gasteiger partial charge >= 0.3 is 12.1 Å². The van der Waals surface area contributed by atoms with Gasteiger partial charge in [0.2, 0.25) is 5.76 Å². The third-order valence-corrected chi connectivity index (χ3v) is 5.03. The highest BCUT2D eigenvalue weighted by Gasteiger charge is 2.56. The Labute approximate surface area is 167 Å². The molecule has 0 aliphatic carbocycles. The number of rotatable bonds is 4. The second-order valence-corrected chi connectivity index (χ2v) is 7.38. The molecule has 2 heterocycles. The van der Waals surface area contributed by atoms with Crippen LogP contribution in [0.4, 0.5) is 26.3 Å². The number of oxazole rings is 1. The molecule has 2 aromatic rings. The number of hydrogen-bond donors (Lipinski definition) is 1. The van der Waals surface area contributed by atoms with Crippen molar-refractivity contribution in [2.75, 3.05) is 6.61 Å². The van der Waals surface area contributed by atoms with Crippen LogP contribution in [0, 0.1) is 12.7 Å². The zero-order chi connectivity index (χ0) is 22.5. The van der Waals surface area contributed by atoms with Gasteiger partial charge in [0, 0.05) is 18.4 Å². The SMILES string of the molecule is Cc1nc(C(C)Cc2ccc(F)c([C@@]3(C)N=C(N)OCC3(F)F)c2)c(C(F)(F)F)o1. The molecule has 164 valence electrons. The highest BCUT2D eigenvalue weighted by Crippen LogP contribution is 2.45. The summed E-state index contributed by atoms with van der Waals surface area (Å²) in [7, 11) is 0. The van der Waals surface area contributed by atoms with E-state index in [1.54, 1.807) is 0 Å². The second kappa shape index (κ2) is 7.21. The largest absolute Gasteiger partial charge is 0.459 e. The van der Waals surface area contributed by atoms with Gasteiger partial charge in [0.15, 0.2) is 18.0 Å². The molecule has 0 saturated carbocycles. The number of amidine groups is 1. The summed E-state index contributed by atoms with van der Waals surface area (Å²) in [4.78, 5) is 7.45. The van der Waals surface area contributed by atoms with Gasteiger partial charge in [-0.25, -0.2) is 14.4 Å². The van der Waals surface area contributed by atoms with Gasteiger partial charge in [-0.3, -0.25) is 0 Å². The van der Waals surface area contributed by atoms with Gasteiger partial charge in [-0.05, 0) is 25.0 Å². The Hall–Kier alpha value is -2.72. The van der Waals surface area contributed by atoms with E-state index in [0.29, 0.717) is 5.56 Å². The fourth-order valence-electron chi connectivity index (χ4n) is 3.40. The fourth-order valence-corrected chi connectivity index (χ4v) is 3.40. The van der Waals surface area contributed by atoms with Crippen molar-refractivity contribution in [1.29, 1.82) is 0 Å². The van der Waals surface area contributed by atoms with Gasteiger partial charge in [-0.15, -0.1) is 0 Å². The monoisotopic (exact) mass is 435 g/mol. The summed E-state index contributed by atoms with van der Waals surface area (Å²) >= 11 is 0. The van der Waals surface area contributed by atoms with Crippen LogP contribution in [0.2, 0.25) is 0 Å². The number of aromatic nitrogens is 1. The number of ether oxygens (including phenoxy) is 1. The quantitative estimate of drug-likeness (QED) is 0.708. The molecule has 1 aliphatic heterocycles. The van der Waals surface area contributed by atoms with Crippen molar-refractivity contribution >= 4 is 6.02 Å². The Morgan fingerprint density at radius 3 is 2.57 bits per heavy atom. The number of nitrogens with two attached hydrogens (primary N) is 1. The first-order valence-corrected chi connectivity index (χ1v) is 8.94. The van der Waals surface area contributed by atoms with Crippen molar-refractivity contribution < 1.29 is 35.5 Å². The summed E-state index contributed by atoms with van der Waals surface area (Å²) in [5, 5.41) is 0. The van der Waals surface area contributed by atoms with E-state index in [0.717, 1.165) is 19.1 Å². The minimum absolute atomic E-state index is 0.0281. The molecule has 1 aliphatic rings. The van der Waals surface area contributed by atoms with Crippen LogP contribution in [0.25, 0.3) is 0 Å². The number of alkyl halides is 5. The van der Waals surface area contributed by atoms with Crippen molar-refractivity contribution in [1.82, 2.24) is 4.98 Å². The first-order valence-electron chi connectivity index (χ1n) is 8.94. The molecule has 3 rings (SSSR count). The Balaban J connectivity index is 1.98. The zero-order valence-corrected chi connectivity index (χ0v) is 16.3. The molecule has 0 saturated heterocycles. The van der Waals surface area contributed by atoms with Crippen LogP contribution in [0.3, 0.4) is 0 Å². The first-order chi connectivity index (χ1) is 13.7. The van der Waals surface area contributed by atoms with Crippen LogP contribution < -0.4 is 5.73 Å². The van der Waals surface area contributed by atoms with Crippen molar-refractivity contribution in [3.8, 4) is 0 Å². The molecule has 0 fully saturated rings. The molecule has 0 spiro atoms. The molecule has 1 aromatic heterocycles. The molecule has 2 atom stereocenters. The van der Waals surface area contributed by atoms with E-state index in [1.165, 1.54) is 19.9 Å². The number of hydrogen-bond acceptors (Lipinski definition) is 5. The van der Waals surface area contributed by atoms with E-state index < -0.39 is 53.3 Å². The lowest BCUT2D eigenvalue weighted by Crippen LogP contribution is -2.51. The predicted molar refractivity (Wildman–Crippen MR) is 94.6 cm³/mol. The van der Waals surface area contributed by atoms with Gasteiger partial charge < -0.3 is 14.9 Å². The van der Waals surface area contributed by atoms with Crippen molar-refractivity contribution in [3.63, 3.8) is 0 Å². The number of aliphatic imine (C=N–C) groups is 1. The summed E-state index contributed by atoms with van der Waals surface area (Å²) in [5.74, 6) is -6.65. The number of benzene rings is 1. The molecule has 30 heavy (non-hydrogen) atoms. The summed E-state index contributed by atoms with van der Waals surface area (Å²) in [5.41, 5.74) is 2.67. The smallest absolute Gasteiger partial charge is 0.451 e. The lowest BCUT2D eigenvalue weighted by Gasteiger charge is -2.37. The maximum absolute atomic E-state index is 14.5. The highest BCUT2D eigenvalue weighted by atomic mass is 19.4. The minimum Gasteiger partial charge on any atom is -0.459 e. The fraction of sp³-hybridized carbons (Fsp3) is 0.474. The van der Waals surface area contributed by atoms with Gasteiger partial charge in [0.1, 0.15) is 5.82 Å². The topological polar surface area (TPSA) is 73.6 Å². The van der Waals surface area contributed by atoms with Crippen LogP contribution in [0.1, 0.15) is 48.2 Å². The Bertz CT molecular complexity index is 985.